The predicted molar refractivity (Wildman–Crippen MR) is 66.4 cm³/mol. The van der Waals surface area contributed by atoms with Crippen LogP contribution < -0.4 is 11.5 Å². The van der Waals surface area contributed by atoms with E-state index in [0.717, 1.165) is 0 Å². The molecule has 1 aromatic rings. The Labute approximate surface area is 99.6 Å². The topological polar surface area (TPSA) is 69.1 Å². The normalized spacial score (nSPS) is 15.8. The van der Waals surface area contributed by atoms with Crippen LogP contribution in [0.15, 0.2) is 23.1 Å². The lowest BCUT2D eigenvalue weighted by molar-refractivity contribution is -0.118. The second-order valence-corrected chi connectivity index (χ2v) is 5.20. The summed E-state index contributed by atoms with van der Waals surface area (Å²) in [5, 5.41) is 0. The van der Waals surface area contributed by atoms with Gasteiger partial charge in [0, 0.05) is 10.6 Å². The molecule has 0 aromatic heterocycles. The molecule has 1 aliphatic rings. The van der Waals surface area contributed by atoms with Crippen LogP contribution in [0.2, 0.25) is 0 Å². The standard InChI is InChI=1S/C12H16N2OS/c13-11(12(14)15)7-16-10-5-4-8-2-1-3-9(8)6-10/h4-6,11H,1-3,7,13H2,(H2,14,15). The number of hydrogen-bond acceptors (Lipinski definition) is 3. The number of hydrogen-bond donors (Lipinski definition) is 2. The maximum atomic E-state index is 10.8. The maximum Gasteiger partial charge on any atom is 0.235 e. The van der Waals surface area contributed by atoms with E-state index in [-0.39, 0.29) is 0 Å². The second kappa shape index (κ2) is 4.89. The molecule has 0 saturated carbocycles. The van der Waals surface area contributed by atoms with E-state index in [1.54, 1.807) is 11.8 Å². The van der Waals surface area contributed by atoms with Gasteiger partial charge in [-0.2, -0.15) is 0 Å². The SMILES string of the molecule is NC(=O)C(N)CSc1ccc2c(c1)CCC2. The first-order chi connectivity index (χ1) is 7.66. The first kappa shape index (κ1) is 11.5. The average molecular weight is 236 g/mol. The van der Waals surface area contributed by atoms with Gasteiger partial charge >= 0.3 is 0 Å². The molecule has 0 heterocycles. The lowest BCUT2D eigenvalue weighted by atomic mass is 10.1. The maximum absolute atomic E-state index is 10.8. The first-order valence-electron chi connectivity index (χ1n) is 5.46. The van der Waals surface area contributed by atoms with Gasteiger partial charge in [0.1, 0.15) is 0 Å². The Balaban J connectivity index is 1.98. The van der Waals surface area contributed by atoms with Gasteiger partial charge < -0.3 is 11.5 Å². The molecule has 1 aliphatic carbocycles. The third-order valence-corrected chi connectivity index (χ3v) is 3.98. The van der Waals surface area contributed by atoms with Gasteiger partial charge in [-0.3, -0.25) is 4.79 Å². The van der Waals surface area contributed by atoms with Crippen molar-refractivity contribution >= 4 is 17.7 Å². The van der Waals surface area contributed by atoms with Crippen LogP contribution in [0, 0.1) is 0 Å². The van der Waals surface area contributed by atoms with E-state index in [1.807, 2.05) is 0 Å². The van der Waals surface area contributed by atoms with E-state index in [9.17, 15) is 4.79 Å². The number of nitrogens with two attached hydrogens (primary N) is 2. The van der Waals surface area contributed by atoms with Crippen LogP contribution in [0.1, 0.15) is 17.5 Å². The van der Waals surface area contributed by atoms with Crippen molar-refractivity contribution in [3.05, 3.63) is 29.3 Å². The van der Waals surface area contributed by atoms with Crippen LogP contribution in [0.25, 0.3) is 0 Å². The molecule has 0 bridgehead atoms. The Hall–Kier alpha value is -1.00. The molecule has 1 aromatic carbocycles. The van der Waals surface area contributed by atoms with Gasteiger partial charge in [0.15, 0.2) is 0 Å². The molecule has 0 radical (unpaired) electrons. The summed E-state index contributed by atoms with van der Waals surface area (Å²) < 4.78 is 0. The van der Waals surface area contributed by atoms with E-state index in [2.05, 4.69) is 18.2 Å². The molecule has 0 spiro atoms. The number of amides is 1. The molecule has 1 unspecified atom stereocenters. The van der Waals surface area contributed by atoms with Crippen LogP contribution >= 0.6 is 11.8 Å². The van der Waals surface area contributed by atoms with Crippen LogP contribution in [0.5, 0.6) is 0 Å². The number of rotatable bonds is 4. The van der Waals surface area contributed by atoms with E-state index >= 15 is 0 Å². The largest absolute Gasteiger partial charge is 0.368 e. The van der Waals surface area contributed by atoms with Crippen LogP contribution in [-0.2, 0) is 17.6 Å². The quantitative estimate of drug-likeness (QED) is 0.769. The Kier molecular flexibility index (Phi) is 3.51. The van der Waals surface area contributed by atoms with Crippen molar-refractivity contribution in [2.75, 3.05) is 5.75 Å². The van der Waals surface area contributed by atoms with Gasteiger partial charge in [-0.05, 0) is 42.5 Å². The number of aryl methyl sites for hydroxylation is 2. The van der Waals surface area contributed by atoms with Crippen LogP contribution in [-0.4, -0.2) is 17.7 Å². The molecular formula is C12H16N2OS. The molecule has 4 heteroatoms. The number of carbonyl (C=O) groups excluding carboxylic acids is 1. The van der Waals surface area contributed by atoms with Crippen molar-refractivity contribution < 1.29 is 4.79 Å². The fraction of sp³-hybridized carbons (Fsp3) is 0.417. The first-order valence-corrected chi connectivity index (χ1v) is 6.45. The summed E-state index contributed by atoms with van der Waals surface area (Å²) in [4.78, 5) is 12.0. The van der Waals surface area contributed by atoms with Crippen molar-refractivity contribution in [1.29, 1.82) is 0 Å². The minimum atomic E-state index is -0.557. The monoisotopic (exact) mass is 236 g/mol. The van der Waals surface area contributed by atoms with E-state index in [1.165, 1.54) is 35.3 Å². The Morgan fingerprint density at radius 3 is 2.88 bits per heavy atom. The molecule has 1 atom stereocenters. The summed E-state index contributed by atoms with van der Waals surface area (Å²) in [5.74, 6) is 0.113. The molecule has 0 saturated heterocycles. The fourth-order valence-corrected chi connectivity index (χ4v) is 2.83. The van der Waals surface area contributed by atoms with Gasteiger partial charge in [-0.25, -0.2) is 0 Å². The predicted octanol–water partition coefficient (Wildman–Crippen LogP) is 1.08. The van der Waals surface area contributed by atoms with Gasteiger partial charge in [-0.1, -0.05) is 6.07 Å². The second-order valence-electron chi connectivity index (χ2n) is 4.10. The van der Waals surface area contributed by atoms with Crippen molar-refractivity contribution in [1.82, 2.24) is 0 Å². The minimum absolute atomic E-state index is 0.436. The van der Waals surface area contributed by atoms with Crippen molar-refractivity contribution in [3.63, 3.8) is 0 Å². The highest BCUT2D eigenvalue weighted by atomic mass is 32.2. The molecule has 3 nitrogen and oxygen atoms in total. The van der Waals surface area contributed by atoms with E-state index < -0.39 is 11.9 Å². The number of primary amides is 1. The van der Waals surface area contributed by atoms with E-state index in [4.69, 9.17) is 11.5 Å². The van der Waals surface area contributed by atoms with Crippen LogP contribution in [0.3, 0.4) is 0 Å². The summed E-state index contributed by atoms with van der Waals surface area (Å²) in [6.45, 7) is 0. The Morgan fingerprint density at radius 1 is 1.38 bits per heavy atom. The average Bonchev–Trinajstić information content (AvgIpc) is 2.72. The number of thioether (sulfide) groups is 1. The highest BCUT2D eigenvalue weighted by Gasteiger charge is 2.13. The zero-order valence-corrected chi connectivity index (χ0v) is 9.93. The van der Waals surface area contributed by atoms with Crippen molar-refractivity contribution in [2.45, 2.75) is 30.2 Å². The Morgan fingerprint density at radius 2 is 2.12 bits per heavy atom. The fourth-order valence-electron chi connectivity index (χ4n) is 1.91. The van der Waals surface area contributed by atoms with Gasteiger partial charge in [0.25, 0.3) is 0 Å². The summed E-state index contributed by atoms with van der Waals surface area (Å²) in [7, 11) is 0. The molecule has 86 valence electrons. The molecule has 0 aliphatic heterocycles. The zero-order valence-electron chi connectivity index (χ0n) is 9.11. The smallest absolute Gasteiger partial charge is 0.235 e. The summed E-state index contributed by atoms with van der Waals surface area (Å²) in [5.41, 5.74) is 13.6. The molecular weight excluding hydrogens is 220 g/mol. The number of carbonyl (C=O) groups is 1. The Bertz CT molecular complexity index is 406. The highest BCUT2D eigenvalue weighted by molar-refractivity contribution is 7.99. The molecule has 1 amide bonds. The lowest BCUT2D eigenvalue weighted by Gasteiger charge is -2.08. The van der Waals surface area contributed by atoms with Gasteiger partial charge in [0.2, 0.25) is 5.91 Å². The lowest BCUT2D eigenvalue weighted by Crippen LogP contribution is -2.38. The summed E-state index contributed by atoms with van der Waals surface area (Å²) in [6.07, 6.45) is 3.62. The van der Waals surface area contributed by atoms with Crippen molar-refractivity contribution in [3.8, 4) is 0 Å². The van der Waals surface area contributed by atoms with E-state index in [0.29, 0.717) is 5.75 Å². The molecule has 16 heavy (non-hydrogen) atoms. The van der Waals surface area contributed by atoms with Crippen molar-refractivity contribution in [2.24, 2.45) is 11.5 Å². The highest BCUT2D eigenvalue weighted by Crippen LogP contribution is 2.27. The summed E-state index contributed by atoms with van der Waals surface area (Å²) in [6, 6.07) is 5.93. The van der Waals surface area contributed by atoms with Gasteiger partial charge in [-0.15, -0.1) is 11.8 Å². The minimum Gasteiger partial charge on any atom is -0.368 e. The zero-order chi connectivity index (χ0) is 11.5. The number of benzene rings is 1. The molecule has 4 N–H and O–H groups in total. The summed E-state index contributed by atoms with van der Waals surface area (Å²) >= 11 is 1.60. The third kappa shape index (κ3) is 2.57. The molecule has 0 fully saturated rings. The van der Waals surface area contributed by atoms with Crippen LogP contribution in [0.4, 0.5) is 0 Å². The third-order valence-electron chi connectivity index (χ3n) is 2.86. The molecule has 2 rings (SSSR count). The van der Waals surface area contributed by atoms with Gasteiger partial charge in [0.05, 0.1) is 6.04 Å². The number of fused-ring (bicyclic) bond motifs is 1.